The molecule has 0 aromatic heterocycles. The van der Waals surface area contributed by atoms with Crippen molar-refractivity contribution < 1.29 is 5.11 Å². The molecule has 0 amide bonds. The van der Waals surface area contributed by atoms with Crippen molar-refractivity contribution in [3.8, 4) is 0 Å². The van der Waals surface area contributed by atoms with Crippen LogP contribution in [0.1, 0.15) is 53.4 Å². The van der Waals surface area contributed by atoms with Gasteiger partial charge in [0.15, 0.2) is 0 Å². The molecule has 0 spiro atoms. The third kappa shape index (κ3) is 5.28. The lowest BCUT2D eigenvalue weighted by atomic mass is 9.92. The van der Waals surface area contributed by atoms with Crippen LogP contribution in [0.5, 0.6) is 0 Å². The van der Waals surface area contributed by atoms with Crippen molar-refractivity contribution in [3.63, 3.8) is 0 Å². The van der Waals surface area contributed by atoms with E-state index in [9.17, 15) is 5.11 Å². The highest BCUT2D eigenvalue weighted by Crippen LogP contribution is 2.14. The van der Waals surface area contributed by atoms with Crippen LogP contribution in [0.3, 0.4) is 0 Å². The molecule has 0 saturated heterocycles. The summed E-state index contributed by atoms with van der Waals surface area (Å²) in [6.07, 6.45) is 4.02. The summed E-state index contributed by atoms with van der Waals surface area (Å²) >= 11 is 0. The Hall–Kier alpha value is -0.120. The highest BCUT2D eigenvalue weighted by Gasteiger charge is 2.21. The highest BCUT2D eigenvalue weighted by atomic mass is 16.3. The molecule has 0 rings (SSSR count). The zero-order chi connectivity index (χ0) is 12.6. The molecule has 0 aliphatic rings. The van der Waals surface area contributed by atoms with Gasteiger partial charge in [-0.15, -0.1) is 0 Å². The minimum absolute atomic E-state index is 0.0962. The van der Waals surface area contributed by atoms with Gasteiger partial charge in [0.1, 0.15) is 0 Å². The third-order valence-electron chi connectivity index (χ3n) is 3.76. The van der Waals surface area contributed by atoms with Crippen LogP contribution in [0.15, 0.2) is 0 Å². The van der Waals surface area contributed by atoms with Crippen molar-refractivity contribution in [2.45, 2.75) is 65.0 Å². The first-order valence-corrected chi connectivity index (χ1v) is 6.66. The highest BCUT2D eigenvalue weighted by molar-refractivity contribution is 4.82. The SMILES string of the molecule is CCC(C)N(CC)CCCC(N)(CC)CO. The van der Waals surface area contributed by atoms with Crippen molar-refractivity contribution in [1.82, 2.24) is 4.90 Å². The fraction of sp³-hybridized carbons (Fsp3) is 1.00. The van der Waals surface area contributed by atoms with Gasteiger partial charge in [0.25, 0.3) is 0 Å². The van der Waals surface area contributed by atoms with Gasteiger partial charge in [-0.05, 0) is 45.7 Å². The molecular formula is C13H30N2O. The normalized spacial score (nSPS) is 17.4. The maximum absolute atomic E-state index is 9.22. The van der Waals surface area contributed by atoms with E-state index in [4.69, 9.17) is 5.73 Å². The number of aliphatic hydroxyl groups is 1. The first-order valence-electron chi connectivity index (χ1n) is 6.66. The van der Waals surface area contributed by atoms with Crippen molar-refractivity contribution in [2.24, 2.45) is 5.73 Å². The molecular weight excluding hydrogens is 200 g/mol. The quantitative estimate of drug-likeness (QED) is 0.637. The van der Waals surface area contributed by atoms with Crippen molar-refractivity contribution in [2.75, 3.05) is 19.7 Å². The zero-order valence-corrected chi connectivity index (χ0v) is 11.5. The molecule has 16 heavy (non-hydrogen) atoms. The number of rotatable bonds is 9. The van der Waals surface area contributed by atoms with E-state index in [1.54, 1.807) is 0 Å². The average molecular weight is 230 g/mol. The van der Waals surface area contributed by atoms with E-state index in [1.807, 2.05) is 6.92 Å². The predicted octanol–water partition coefficient (Wildman–Crippen LogP) is 1.99. The predicted molar refractivity (Wildman–Crippen MR) is 70.5 cm³/mol. The van der Waals surface area contributed by atoms with Gasteiger partial charge in [-0.1, -0.05) is 20.8 Å². The monoisotopic (exact) mass is 230 g/mol. The zero-order valence-electron chi connectivity index (χ0n) is 11.5. The molecule has 0 aromatic rings. The van der Waals surface area contributed by atoms with E-state index in [2.05, 4.69) is 25.7 Å². The summed E-state index contributed by atoms with van der Waals surface area (Å²) in [6, 6.07) is 0.646. The molecule has 98 valence electrons. The molecule has 3 N–H and O–H groups in total. The molecule has 0 fully saturated rings. The molecule has 0 bridgehead atoms. The van der Waals surface area contributed by atoms with Gasteiger partial charge in [-0.25, -0.2) is 0 Å². The van der Waals surface area contributed by atoms with Crippen molar-refractivity contribution in [3.05, 3.63) is 0 Å². The Kier molecular flexibility index (Phi) is 7.98. The number of aliphatic hydroxyl groups excluding tert-OH is 1. The fourth-order valence-corrected chi connectivity index (χ4v) is 1.95. The summed E-state index contributed by atoms with van der Waals surface area (Å²) in [5, 5.41) is 9.22. The van der Waals surface area contributed by atoms with Crippen LogP contribution < -0.4 is 5.73 Å². The minimum atomic E-state index is -0.366. The maximum atomic E-state index is 9.22. The summed E-state index contributed by atoms with van der Waals surface area (Å²) < 4.78 is 0. The van der Waals surface area contributed by atoms with Crippen LogP contribution in [0, 0.1) is 0 Å². The molecule has 0 radical (unpaired) electrons. The average Bonchev–Trinajstić information content (AvgIpc) is 2.33. The molecule has 2 atom stereocenters. The van der Waals surface area contributed by atoms with E-state index in [0.29, 0.717) is 6.04 Å². The molecule has 3 nitrogen and oxygen atoms in total. The topological polar surface area (TPSA) is 49.5 Å². The van der Waals surface area contributed by atoms with E-state index in [-0.39, 0.29) is 12.1 Å². The molecule has 0 aliphatic heterocycles. The van der Waals surface area contributed by atoms with E-state index in [1.165, 1.54) is 6.42 Å². The third-order valence-corrected chi connectivity index (χ3v) is 3.76. The standard InChI is InChI=1S/C13H30N2O/c1-5-12(4)15(7-3)10-8-9-13(14,6-2)11-16/h12,16H,5-11,14H2,1-4H3. The van der Waals surface area contributed by atoms with Crippen LogP contribution in [-0.2, 0) is 0 Å². The first-order chi connectivity index (χ1) is 7.52. The van der Waals surface area contributed by atoms with E-state index >= 15 is 0 Å². The summed E-state index contributed by atoms with van der Waals surface area (Å²) in [5.41, 5.74) is 5.70. The van der Waals surface area contributed by atoms with E-state index < -0.39 is 0 Å². The largest absolute Gasteiger partial charge is 0.394 e. The van der Waals surface area contributed by atoms with Crippen LogP contribution in [0.4, 0.5) is 0 Å². The second kappa shape index (κ2) is 8.04. The second-order valence-electron chi connectivity index (χ2n) is 4.86. The fourth-order valence-electron chi connectivity index (χ4n) is 1.95. The van der Waals surface area contributed by atoms with Gasteiger partial charge >= 0.3 is 0 Å². The van der Waals surface area contributed by atoms with Crippen LogP contribution in [-0.4, -0.2) is 41.3 Å². The lowest BCUT2D eigenvalue weighted by Crippen LogP contribution is -2.44. The molecule has 2 unspecified atom stereocenters. The van der Waals surface area contributed by atoms with Crippen molar-refractivity contribution in [1.29, 1.82) is 0 Å². The Balaban J connectivity index is 3.94. The number of nitrogens with two attached hydrogens (primary N) is 1. The summed E-state index contributed by atoms with van der Waals surface area (Å²) in [5.74, 6) is 0. The van der Waals surface area contributed by atoms with Gasteiger partial charge in [-0.3, -0.25) is 0 Å². The van der Waals surface area contributed by atoms with Gasteiger partial charge in [0.2, 0.25) is 0 Å². The lowest BCUT2D eigenvalue weighted by molar-refractivity contribution is 0.162. The maximum Gasteiger partial charge on any atom is 0.0611 e. The summed E-state index contributed by atoms with van der Waals surface area (Å²) in [4.78, 5) is 2.48. The number of hydrogen-bond acceptors (Lipinski definition) is 3. The Labute approximate surface area is 101 Å². The van der Waals surface area contributed by atoms with Crippen LogP contribution in [0.25, 0.3) is 0 Å². The Bertz CT molecular complexity index is 169. The molecule has 0 saturated carbocycles. The Morgan fingerprint density at radius 1 is 1.31 bits per heavy atom. The Morgan fingerprint density at radius 3 is 2.31 bits per heavy atom. The molecule has 0 aromatic carbocycles. The molecule has 0 heterocycles. The Morgan fingerprint density at radius 2 is 1.94 bits per heavy atom. The van der Waals surface area contributed by atoms with Crippen molar-refractivity contribution >= 4 is 0 Å². The first kappa shape index (κ1) is 15.9. The second-order valence-corrected chi connectivity index (χ2v) is 4.86. The molecule has 3 heteroatoms. The van der Waals surface area contributed by atoms with Crippen LogP contribution in [0.2, 0.25) is 0 Å². The smallest absolute Gasteiger partial charge is 0.0611 e. The van der Waals surface area contributed by atoms with Gasteiger partial charge in [0.05, 0.1) is 6.61 Å². The minimum Gasteiger partial charge on any atom is -0.394 e. The number of hydrogen-bond donors (Lipinski definition) is 2. The van der Waals surface area contributed by atoms with Gasteiger partial charge < -0.3 is 15.7 Å². The van der Waals surface area contributed by atoms with Crippen LogP contribution >= 0.6 is 0 Å². The summed E-state index contributed by atoms with van der Waals surface area (Å²) in [7, 11) is 0. The van der Waals surface area contributed by atoms with Gasteiger partial charge in [0, 0.05) is 11.6 Å². The summed E-state index contributed by atoms with van der Waals surface area (Å²) in [6.45, 7) is 11.0. The van der Waals surface area contributed by atoms with Gasteiger partial charge in [-0.2, -0.15) is 0 Å². The lowest BCUT2D eigenvalue weighted by Gasteiger charge is -2.30. The van der Waals surface area contributed by atoms with E-state index in [0.717, 1.165) is 32.4 Å². The number of nitrogens with zero attached hydrogens (tertiary/aromatic N) is 1. The molecule has 0 aliphatic carbocycles.